The molecule has 1 saturated carbocycles. The molecule has 0 spiro atoms. The van der Waals surface area contributed by atoms with Crippen LogP contribution in [-0.2, 0) is 0 Å². The smallest absolute Gasteiger partial charge is 0.0667 e. The topological polar surface area (TPSA) is 0 Å². The zero-order valence-corrected chi connectivity index (χ0v) is 28.3. The molecule has 0 radical (unpaired) electrons. The first-order chi connectivity index (χ1) is 23.0. The van der Waals surface area contributed by atoms with Crippen molar-refractivity contribution < 1.29 is 0 Å². The maximum absolute atomic E-state index is 2.45. The van der Waals surface area contributed by atoms with Crippen LogP contribution in [0, 0.1) is 27.7 Å². The van der Waals surface area contributed by atoms with Gasteiger partial charge in [0.05, 0.1) is 0 Å². The highest BCUT2D eigenvalue weighted by atomic mass is 14.4. The molecule has 2 heteroatoms. The van der Waals surface area contributed by atoms with Gasteiger partial charge in [-0.3, -0.25) is 0 Å². The molecule has 0 bridgehead atoms. The summed E-state index contributed by atoms with van der Waals surface area (Å²) in [5, 5.41) is 0. The number of hydrogen-bond acceptors (Lipinski definition) is 0. The molecule has 0 heterocycles. The highest BCUT2D eigenvalue weighted by Crippen LogP contribution is 2.45. The fourth-order valence-corrected chi connectivity index (χ4v) is 8.58. The van der Waals surface area contributed by atoms with Gasteiger partial charge in [-0.1, -0.05) is 207 Å². The summed E-state index contributed by atoms with van der Waals surface area (Å²) in [6.07, 6.45) is 3.67. The van der Waals surface area contributed by atoms with Gasteiger partial charge in [-0.05, 0) is 63.5 Å². The number of aryl methyl sites for hydroxylation is 4. The maximum atomic E-state index is 2.45. The molecule has 0 saturated heterocycles. The molecule has 0 aromatic heterocycles. The van der Waals surface area contributed by atoms with Crippen molar-refractivity contribution >= 4 is 46.2 Å². The second-order valence-electron chi connectivity index (χ2n) is 13.7. The predicted octanol–water partition coefficient (Wildman–Crippen LogP) is 7.00. The second kappa shape index (κ2) is 13.7. The minimum atomic E-state index is 0.191. The minimum absolute atomic E-state index is 0.191. The summed E-state index contributed by atoms with van der Waals surface area (Å²) in [7, 11) is 0. The summed E-state index contributed by atoms with van der Waals surface area (Å²) < 4.78 is 0. The van der Waals surface area contributed by atoms with Gasteiger partial charge in [0, 0.05) is 0 Å². The van der Waals surface area contributed by atoms with E-state index < -0.39 is 0 Å². The van der Waals surface area contributed by atoms with E-state index in [1.54, 1.807) is 0 Å². The molecule has 47 heavy (non-hydrogen) atoms. The Kier molecular flexibility index (Phi) is 9.03. The molecule has 6 aromatic carbocycles. The summed E-state index contributed by atoms with van der Waals surface area (Å²) in [6.45, 7) is 9.47. The van der Waals surface area contributed by atoms with Crippen molar-refractivity contribution in [1.82, 2.24) is 0 Å². The molecule has 230 valence electrons. The first kappa shape index (κ1) is 31.1. The molecule has 0 amide bonds. The lowest BCUT2D eigenvalue weighted by Gasteiger charge is -2.30. The number of benzene rings is 6. The van der Waals surface area contributed by atoms with Crippen LogP contribution in [0.25, 0.3) is 0 Å². The molecule has 7 rings (SSSR count). The van der Waals surface area contributed by atoms with Crippen molar-refractivity contribution in [1.29, 1.82) is 0 Å². The lowest BCUT2D eigenvalue weighted by Crippen LogP contribution is -2.56. The molecule has 6 aromatic rings. The van der Waals surface area contributed by atoms with Gasteiger partial charge in [-0.15, -0.1) is 0 Å². The molecule has 0 unspecified atom stereocenters. The Hall–Kier alpha value is -4.55. The zero-order valence-electron chi connectivity index (χ0n) is 28.3. The molecule has 0 N–H and O–H groups in total. The molecule has 0 aliphatic heterocycles. The summed E-state index contributed by atoms with van der Waals surface area (Å²) in [5.74, 6) is 0.912. The zero-order chi connectivity index (χ0) is 32.3. The van der Waals surface area contributed by atoms with Gasteiger partial charge in [0.15, 0.2) is 0 Å². The lowest BCUT2D eigenvalue weighted by atomic mass is 9.34. The summed E-state index contributed by atoms with van der Waals surface area (Å²) in [6, 6.07) is 54.8. The van der Waals surface area contributed by atoms with Crippen LogP contribution in [0.4, 0.5) is 0 Å². The van der Waals surface area contributed by atoms with Crippen molar-refractivity contribution in [3.05, 3.63) is 179 Å². The van der Waals surface area contributed by atoms with Gasteiger partial charge in [-0.2, -0.15) is 0 Å². The molecule has 1 fully saturated rings. The van der Waals surface area contributed by atoms with E-state index in [0.29, 0.717) is 11.8 Å². The Labute approximate surface area is 283 Å². The van der Waals surface area contributed by atoms with Gasteiger partial charge in [0.2, 0.25) is 13.4 Å². The first-order valence-electron chi connectivity index (χ1n) is 17.4. The van der Waals surface area contributed by atoms with E-state index in [-0.39, 0.29) is 13.4 Å². The third-order valence-electron chi connectivity index (χ3n) is 10.9. The maximum Gasteiger partial charge on any atom is 0.242 e. The lowest BCUT2D eigenvalue weighted by molar-refractivity contribution is 0.629. The monoisotopic (exact) mass is 606 g/mol. The van der Waals surface area contributed by atoms with Crippen LogP contribution in [0.3, 0.4) is 0 Å². The van der Waals surface area contributed by atoms with Crippen LogP contribution in [0.1, 0.15) is 64.5 Å². The van der Waals surface area contributed by atoms with Crippen LogP contribution < -0.4 is 32.8 Å². The van der Waals surface area contributed by atoms with Crippen molar-refractivity contribution in [2.45, 2.75) is 58.8 Å². The predicted molar refractivity (Wildman–Crippen MR) is 206 cm³/mol. The molecule has 1 aliphatic carbocycles. The SMILES string of the molecule is Cc1ccccc1B(c1ccccc1C)c1ccccc1[C@H]1CCC[C@H]1c1ccccc1B(c1ccccc1C)c1ccccc1C. The fourth-order valence-electron chi connectivity index (χ4n) is 8.58. The Balaban J connectivity index is 1.39. The van der Waals surface area contributed by atoms with Gasteiger partial charge in [0.25, 0.3) is 0 Å². The molecule has 1 aliphatic rings. The van der Waals surface area contributed by atoms with Crippen molar-refractivity contribution in [3.63, 3.8) is 0 Å². The van der Waals surface area contributed by atoms with E-state index >= 15 is 0 Å². The molecule has 0 nitrogen and oxygen atoms in total. The van der Waals surface area contributed by atoms with Crippen LogP contribution in [-0.4, -0.2) is 13.4 Å². The summed E-state index contributed by atoms with van der Waals surface area (Å²) >= 11 is 0. The number of rotatable bonds is 8. The Bertz CT molecular complexity index is 1770. The van der Waals surface area contributed by atoms with E-state index in [1.807, 2.05) is 0 Å². The number of hydrogen-bond donors (Lipinski definition) is 0. The average molecular weight is 606 g/mol. The van der Waals surface area contributed by atoms with E-state index in [0.717, 1.165) is 0 Å². The van der Waals surface area contributed by atoms with E-state index in [9.17, 15) is 0 Å². The molecular weight excluding hydrogens is 562 g/mol. The van der Waals surface area contributed by atoms with E-state index in [4.69, 9.17) is 0 Å². The standard InChI is InChI=1S/C45H44B2/c1-32-18-5-11-26-40(32)46(41-27-12-6-19-33(41)2)44-30-15-9-22-38(44)36-24-17-25-37(36)39-23-10-16-31-45(39)47(42-28-13-7-20-34(42)3)43-29-14-8-21-35(43)4/h5-16,18-23,26-31,36-37H,17,24-25H2,1-4H3/t36-,37+. The van der Waals surface area contributed by atoms with Gasteiger partial charge < -0.3 is 0 Å². The van der Waals surface area contributed by atoms with E-state index in [2.05, 4.69) is 173 Å². The second-order valence-corrected chi connectivity index (χ2v) is 13.7. The van der Waals surface area contributed by atoms with Crippen molar-refractivity contribution in [2.24, 2.45) is 0 Å². The minimum Gasteiger partial charge on any atom is -0.0667 e. The summed E-state index contributed by atoms with van der Waals surface area (Å²) in [4.78, 5) is 0. The molecular formula is C45H44B2. The third kappa shape index (κ3) is 6.03. The largest absolute Gasteiger partial charge is 0.242 e. The normalized spacial score (nSPS) is 15.8. The first-order valence-corrected chi connectivity index (χ1v) is 17.4. The Morgan fingerprint density at radius 3 is 0.894 bits per heavy atom. The van der Waals surface area contributed by atoms with Crippen LogP contribution in [0.2, 0.25) is 0 Å². The van der Waals surface area contributed by atoms with Gasteiger partial charge in [-0.25, -0.2) is 0 Å². The van der Waals surface area contributed by atoms with Crippen LogP contribution >= 0.6 is 0 Å². The Morgan fingerprint density at radius 2 is 0.596 bits per heavy atom. The van der Waals surface area contributed by atoms with Gasteiger partial charge in [0.1, 0.15) is 0 Å². The highest BCUT2D eigenvalue weighted by Gasteiger charge is 2.37. The summed E-state index contributed by atoms with van der Waals surface area (Å²) in [5.41, 5.74) is 17.0. The van der Waals surface area contributed by atoms with E-state index in [1.165, 1.54) is 85.4 Å². The third-order valence-corrected chi connectivity index (χ3v) is 10.9. The average Bonchev–Trinajstić information content (AvgIpc) is 3.59. The van der Waals surface area contributed by atoms with Crippen LogP contribution in [0.5, 0.6) is 0 Å². The quantitative estimate of drug-likeness (QED) is 0.164. The van der Waals surface area contributed by atoms with Gasteiger partial charge >= 0.3 is 0 Å². The fraction of sp³-hybridized carbons (Fsp3) is 0.200. The van der Waals surface area contributed by atoms with Crippen molar-refractivity contribution in [2.75, 3.05) is 0 Å². The highest BCUT2D eigenvalue weighted by molar-refractivity contribution is 6.97. The van der Waals surface area contributed by atoms with Crippen molar-refractivity contribution in [3.8, 4) is 0 Å². The molecule has 2 atom stereocenters. The Morgan fingerprint density at radius 1 is 0.340 bits per heavy atom. The van der Waals surface area contributed by atoms with Crippen LogP contribution in [0.15, 0.2) is 146 Å².